The summed E-state index contributed by atoms with van der Waals surface area (Å²) in [6, 6.07) is 19.0. The fourth-order valence-electron chi connectivity index (χ4n) is 7.95. The molecular weight excluding hydrogens is 957 g/mol. The van der Waals surface area contributed by atoms with Crippen molar-refractivity contribution in [3.63, 3.8) is 0 Å². The zero-order valence-corrected chi connectivity index (χ0v) is 43.6. The van der Waals surface area contributed by atoms with Crippen molar-refractivity contribution in [2.75, 3.05) is 46.0 Å². The van der Waals surface area contributed by atoms with Crippen LogP contribution in [0.15, 0.2) is 89.8 Å². The fraction of sp³-hybridized carbons (Fsp3) is 0.500. The fourth-order valence-corrected chi connectivity index (χ4v) is 8.93. The van der Waals surface area contributed by atoms with Crippen LogP contribution in [-0.4, -0.2) is 130 Å². The predicted octanol–water partition coefficient (Wildman–Crippen LogP) is 3.34. The van der Waals surface area contributed by atoms with Gasteiger partial charge in [-0.3, -0.25) is 42.6 Å². The highest BCUT2D eigenvalue weighted by Crippen LogP contribution is 2.24. The van der Waals surface area contributed by atoms with E-state index < -0.39 is 88.3 Å². The van der Waals surface area contributed by atoms with E-state index in [-0.39, 0.29) is 67.8 Å². The molecule has 0 bridgehead atoms. The molecule has 1 unspecified atom stereocenters. The highest BCUT2D eigenvalue weighted by Gasteiger charge is 2.45. The lowest BCUT2D eigenvalue weighted by atomic mass is 9.89. The van der Waals surface area contributed by atoms with E-state index >= 15 is 0 Å². The molecule has 19 heteroatoms. The van der Waals surface area contributed by atoms with Gasteiger partial charge in [0.1, 0.15) is 24.7 Å². The molecule has 1 saturated heterocycles. The Hall–Kier alpha value is -6.46. The average Bonchev–Trinajstić information content (AvgIpc) is 3.35. The van der Waals surface area contributed by atoms with Gasteiger partial charge in [-0.15, -0.1) is 6.42 Å². The Morgan fingerprint density at radius 1 is 0.712 bits per heavy atom. The lowest BCUT2D eigenvalue weighted by Crippen LogP contribution is -2.60. The summed E-state index contributed by atoms with van der Waals surface area (Å²) in [4.78, 5) is 99.1. The first-order valence-electron chi connectivity index (χ1n) is 24.7. The van der Waals surface area contributed by atoms with Gasteiger partial charge < -0.3 is 36.1 Å². The van der Waals surface area contributed by atoms with Crippen LogP contribution in [0.4, 0.5) is 0 Å². The predicted molar refractivity (Wildman–Crippen MR) is 274 cm³/mol. The molecule has 0 spiro atoms. The second-order valence-electron chi connectivity index (χ2n) is 19.2. The lowest BCUT2D eigenvalue weighted by Gasteiger charge is -2.33. The number of nitrogens with one attached hydrogen (secondary N) is 5. The third kappa shape index (κ3) is 20.5. The first-order valence-corrected chi connectivity index (χ1v) is 26.1. The molecule has 4 rings (SSSR count). The molecule has 1 aliphatic heterocycles. The monoisotopic (exact) mass is 1030 g/mol. The number of rotatable bonds is 29. The van der Waals surface area contributed by atoms with Crippen molar-refractivity contribution in [2.45, 2.75) is 121 Å². The number of morpholine rings is 1. The molecular formula is C54H72N6O12S. The maximum Gasteiger partial charge on any atom is 0.307 e. The molecule has 1 aliphatic rings. The van der Waals surface area contributed by atoms with Crippen molar-refractivity contribution in [3.8, 4) is 12.3 Å². The molecule has 18 nitrogen and oxygen atoms in total. The summed E-state index contributed by atoms with van der Waals surface area (Å²) in [6.45, 7) is 11.3. The molecule has 396 valence electrons. The Kier molecular flexibility index (Phi) is 23.7. The average molecular weight is 1030 g/mol. The number of ketones is 1. The zero-order chi connectivity index (χ0) is 53.6. The standard InChI is InChI=1S/C54H72N6O12S/c1-8-27-55-47(61)25-26-49(63)72-54(7,36-71-73(68,69)42-22-19-39(6)20-23-42)50(64)44(32-37(2)3)57-53(67)46(34-41-17-13-10-14-18-41)59-52(66)45(33-38(4)5)58-51(65)43(24-21-40-15-11-9-12-16-40)56-48(62)35-60-28-30-70-31-29-60/h1,9-20,22-23,37-38,43-46H,21,24-36H2,2-7H3,(H,55,61)(H,56,62)(H,57,67)(H,58,65)(H,59,66)/t43-,44-,45-,46-,54?/m0/s1. The number of hydrogen-bond acceptors (Lipinski definition) is 13. The summed E-state index contributed by atoms with van der Waals surface area (Å²) in [7, 11) is -4.53. The van der Waals surface area contributed by atoms with E-state index in [1.807, 2.05) is 49.1 Å². The van der Waals surface area contributed by atoms with E-state index in [1.165, 1.54) is 12.1 Å². The Balaban J connectivity index is 1.63. The van der Waals surface area contributed by atoms with Gasteiger partial charge in [0.15, 0.2) is 5.60 Å². The SMILES string of the molecule is C#CCNC(=O)CCC(=O)OC(C)(COS(=O)(=O)c1ccc(C)cc1)C(=O)[C@H](CC(C)C)NC(=O)[C@H](Cc1ccccc1)NC(=O)[C@H](CC(C)C)NC(=O)[C@H](CCc1ccccc1)NC(=O)CN1CCOCC1. The van der Waals surface area contributed by atoms with Crippen LogP contribution in [0, 0.1) is 31.1 Å². The third-order valence-electron chi connectivity index (χ3n) is 11.9. The molecule has 73 heavy (non-hydrogen) atoms. The van der Waals surface area contributed by atoms with E-state index in [0.29, 0.717) is 38.3 Å². The second kappa shape index (κ2) is 29.3. The largest absolute Gasteiger partial charge is 0.449 e. The minimum atomic E-state index is -4.53. The van der Waals surface area contributed by atoms with E-state index in [9.17, 15) is 42.0 Å². The van der Waals surface area contributed by atoms with Gasteiger partial charge in [-0.25, -0.2) is 0 Å². The Morgan fingerprint density at radius 2 is 1.26 bits per heavy atom. The molecule has 3 aromatic carbocycles. The van der Waals surface area contributed by atoms with Crippen LogP contribution >= 0.6 is 0 Å². The summed E-state index contributed by atoms with van der Waals surface area (Å²) < 4.78 is 43.4. The maximum atomic E-state index is 14.9. The van der Waals surface area contributed by atoms with Crippen molar-refractivity contribution in [1.82, 2.24) is 31.5 Å². The van der Waals surface area contributed by atoms with Gasteiger partial charge in [0.25, 0.3) is 10.1 Å². The van der Waals surface area contributed by atoms with Crippen LogP contribution in [0.5, 0.6) is 0 Å². The molecule has 5 amide bonds. The zero-order valence-electron chi connectivity index (χ0n) is 42.8. The maximum absolute atomic E-state index is 14.9. The van der Waals surface area contributed by atoms with Gasteiger partial charge in [0.05, 0.1) is 43.7 Å². The summed E-state index contributed by atoms with van der Waals surface area (Å²) in [5.74, 6) is -3.14. The summed E-state index contributed by atoms with van der Waals surface area (Å²) in [6.07, 6.45) is 5.08. The molecule has 3 aromatic rings. The summed E-state index contributed by atoms with van der Waals surface area (Å²) >= 11 is 0. The van der Waals surface area contributed by atoms with Crippen LogP contribution in [-0.2, 0) is 70.2 Å². The molecule has 0 saturated carbocycles. The number of esters is 1. The van der Waals surface area contributed by atoms with Gasteiger partial charge in [-0.05, 0) is 74.6 Å². The first-order chi connectivity index (χ1) is 34.7. The molecule has 5 atom stereocenters. The Morgan fingerprint density at radius 3 is 1.86 bits per heavy atom. The highest BCUT2D eigenvalue weighted by atomic mass is 32.2. The van der Waals surface area contributed by atoms with E-state index in [2.05, 4.69) is 32.5 Å². The number of hydrogen-bond donors (Lipinski definition) is 5. The van der Waals surface area contributed by atoms with Crippen LogP contribution in [0.1, 0.15) is 83.4 Å². The van der Waals surface area contributed by atoms with Crippen molar-refractivity contribution >= 4 is 51.4 Å². The Bertz CT molecular complexity index is 2460. The van der Waals surface area contributed by atoms with Crippen LogP contribution in [0.3, 0.4) is 0 Å². The van der Waals surface area contributed by atoms with Crippen molar-refractivity contribution in [2.24, 2.45) is 11.8 Å². The second-order valence-corrected chi connectivity index (χ2v) is 20.9. The van der Waals surface area contributed by atoms with Crippen LogP contribution in [0.2, 0.25) is 0 Å². The van der Waals surface area contributed by atoms with E-state index in [1.54, 1.807) is 63.2 Å². The van der Waals surface area contributed by atoms with Crippen molar-refractivity contribution < 1.29 is 55.6 Å². The van der Waals surface area contributed by atoms with Gasteiger partial charge >= 0.3 is 5.97 Å². The molecule has 0 aliphatic carbocycles. The molecule has 1 heterocycles. The number of Topliss-reactive ketones (excluding diaryl/α,β-unsaturated/α-hetero) is 1. The summed E-state index contributed by atoms with van der Waals surface area (Å²) in [5.41, 5.74) is 0.0128. The number of aryl methyl sites for hydroxylation is 2. The van der Waals surface area contributed by atoms with Crippen LogP contribution < -0.4 is 26.6 Å². The smallest absolute Gasteiger partial charge is 0.307 e. The molecule has 0 aromatic heterocycles. The van der Waals surface area contributed by atoms with Gasteiger partial charge in [0, 0.05) is 25.9 Å². The third-order valence-corrected chi connectivity index (χ3v) is 13.2. The lowest BCUT2D eigenvalue weighted by molar-refractivity contribution is -0.170. The van der Waals surface area contributed by atoms with Crippen LogP contribution in [0.25, 0.3) is 0 Å². The van der Waals surface area contributed by atoms with E-state index in [4.69, 9.17) is 20.1 Å². The minimum absolute atomic E-state index is 0.0312. The topological polar surface area (TPSA) is 245 Å². The quantitative estimate of drug-likeness (QED) is 0.0381. The number of ether oxygens (including phenoxy) is 2. The normalized spacial score (nSPS) is 15.3. The molecule has 0 radical (unpaired) electrons. The number of nitrogens with zero attached hydrogens (tertiary/aromatic N) is 1. The Labute approximate surface area is 429 Å². The number of amides is 5. The van der Waals surface area contributed by atoms with Gasteiger partial charge in [-0.2, -0.15) is 8.42 Å². The van der Waals surface area contributed by atoms with Crippen molar-refractivity contribution in [3.05, 3.63) is 102 Å². The molecule has 1 fully saturated rings. The van der Waals surface area contributed by atoms with Gasteiger partial charge in [-0.1, -0.05) is 112 Å². The first kappa shape index (κ1) is 59.1. The number of carbonyl (C=O) groups excluding carboxylic acids is 7. The van der Waals surface area contributed by atoms with E-state index in [0.717, 1.165) is 18.1 Å². The molecule has 5 N–H and O–H groups in total. The van der Waals surface area contributed by atoms with Gasteiger partial charge in [0.2, 0.25) is 35.3 Å². The minimum Gasteiger partial charge on any atom is -0.449 e. The number of benzene rings is 3. The highest BCUT2D eigenvalue weighted by molar-refractivity contribution is 7.86. The van der Waals surface area contributed by atoms with Crippen molar-refractivity contribution in [1.29, 1.82) is 0 Å². The number of terminal acetylenes is 1. The number of carbonyl (C=O) groups is 7. The summed E-state index contributed by atoms with van der Waals surface area (Å²) in [5, 5.41) is 13.8.